The Morgan fingerprint density at radius 2 is 2.18 bits per heavy atom. The van der Waals surface area contributed by atoms with Crippen molar-refractivity contribution >= 4 is 46.1 Å². The second kappa shape index (κ2) is 5.33. The Morgan fingerprint density at radius 1 is 1.47 bits per heavy atom. The van der Waals surface area contributed by atoms with Gasteiger partial charge in [-0.2, -0.15) is 0 Å². The summed E-state index contributed by atoms with van der Waals surface area (Å²) in [6.45, 7) is 0.738. The quantitative estimate of drug-likeness (QED) is 0.844. The lowest BCUT2D eigenvalue weighted by Crippen LogP contribution is -2.30. The van der Waals surface area contributed by atoms with Crippen molar-refractivity contribution in [2.24, 2.45) is 5.73 Å². The van der Waals surface area contributed by atoms with Gasteiger partial charge in [0.05, 0.1) is 10.7 Å². The molecule has 4 nitrogen and oxygen atoms in total. The second-order valence-electron chi connectivity index (χ2n) is 3.98. The molecule has 1 fully saturated rings. The highest BCUT2D eigenvalue weighted by molar-refractivity contribution is 7.80. The molecule has 2 N–H and O–H groups in total. The highest BCUT2D eigenvalue weighted by Gasteiger charge is 2.30. The lowest BCUT2D eigenvalue weighted by molar-refractivity contribution is 0.794. The maximum atomic E-state index is 6.04. The van der Waals surface area contributed by atoms with Gasteiger partial charge in [-0.1, -0.05) is 35.4 Å². The van der Waals surface area contributed by atoms with Gasteiger partial charge in [-0.3, -0.25) is 0 Å². The average Bonchev–Trinajstić information content (AvgIpc) is 3.07. The molecule has 1 heterocycles. The molecular weight excluding hydrogens is 279 g/mol. The molecule has 7 heteroatoms. The topological polar surface area (TPSA) is 55.0 Å². The zero-order valence-corrected chi connectivity index (χ0v) is 11.4. The Labute approximate surface area is 115 Å². The van der Waals surface area contributed by atoms with Gasteiger partial charge in [-0.05, 0) is 12.8 Å². The molecule has 1 aromatic heterocycles. The molecule has 17 heavy (non-hydrogen) atoms. The van der Waals surface area contributed by atoms with Gasteiger partial charge in [-0.25, -0.2) is 0 Å². The minimum Gasteiger partial charge on any atom is -0.393 e. The van der Waals surface area contributed by atoms with Crippen molar-refractivity contribution in [1.29, 1.82) is 0 Å². The molecule has 1 aliphatic carbocycles. The first-order valence-corrected chi connectivity index (χ1v) is 6.48. The normalized spacial score (nSPS) is 14.7. The molecule has 0 atom stereocenters. The Hall–Kier alpha value is -0.650. The van der Waals surface area contributed by atoms with E-state index in [1.165, 1.54) is 0 Å². The Kier molecular flexibility index (Phi) is 4.01. The van der Waals surface area contributed by atoms with Crippen molar-refractivity contribution in [2.75, 3.05) is 11.4 Å². The molecule has 1 aliphatic rings. The molecular formula is C10H12Cl2N4S. The summed E-state index contributed by atoms with van der Waals surface area (Å²) in [5.74, 6) is 0. The summed E-state index contributed by atoms with van der Waals surface area (Å²) >= 11 is 16.8. The summed E-state index contributed by atoms with van der Waals surface area (Å²) in [7, 11) is 0. The Morgan fingerprint density at radius 3 is 2.76 bits per heavy atom. The van der Waals surface area contributed by atoms with Gasteiger partial charge in [0.15, 0.2) is 10.3 Å². The standard InChI is InChI=1S/C10H12Cl2N4S/c11-8-5-7(10(12)15-14-8)16(6-1-2-6)4-3-9(13)17/h5-6H,1-4H2,(H2,13,17). The van der Waals surface area contributed by atoms with E-state index < -0.39 is 0 Å². The molecule has 0 bridgehead atoms. The van der Waals surface area contributed by atoms with E-state index in [0.717, 1.165) is 25.1 Å². The number of aromatic nitrogens is 2. The fourth-order valence-corrected chi connectivity index (χ4v) is 2.10. The number of hydrogen-bond acceptors (Lipinski definition) is 4. The van der Waals surface area contributed by atoms with Crippen molar-refractivity contribution in [3.63, 3.8) is 0 Å². The molecule has 92 valence electrons. The largest absolute Gasteiger partial charge is 0.393 e. The van der Waals surface area contributed by atoms with Crippen molar-refractivity contribution in [3.8, 4) is 0 Å². The third-order valence-corrected chi connectivity index (χ3v) is 3.25. The van der Waals surface area contributed by atoms with Gasteiger partial charge < -0.3 is 10.6 Å². The number of anilines is 1. The molecule has 1 aromatic rings. The molecule has 0 saturated heterocycles. The molecule has 0 aromatic carbocycles. The lowest BCUT2D eigenvalue weighted by atomic mass is 10.3. The monoisotopic (exact) mass is 290 g/mol. The van der Waals surface area contributed by atoms with Crippen molar-refractivity contribution in [3.05, 3.63) is 16.4 Å². The van der Waals surface area contributed by atoms with Crippen LogP contribution in [0.5, 0.6) is 0 Å². The fraction of sp³-hybridized carbons (Fsp3) is 0.500. The number of halogens is 2. The smallest absolute Gasteiger partial charge is 0.175 e. The van der Waals surface area contributed by atoms with Crippen LogP contribution in [0.2, 0.25) is 10.3 Å². The van der Waals surface area contributed by atoms with Gasteiger partial charge in [0.2, 0.25) is 0 Å². The SMILES string of the molecule is NC(=S)CCN(c1cc(Cl)nnc1Cl)C1CC1. The van der Waals surface area contributed by atoms with Crippen molar-refractivity contribution < 1.29 is 0 Å². The molecule has 2 rings (SSSR count). The molecule has 0 spiro atoms. The zero-order valence-electron chi connectivity index (χ0n) is 9.07. The predicted octanol–water partition coefficient (Wildman–Crippen LogP) is 2.43. The minimum absolute atomic E-state index is 0.338. The van der Waals surface area contributed by atoms with E-state index in [-0.39, 0.29) is 0 Å². The summed E-state index contributed by atoms with van der Waals surface area (Å²) in [6, 6.07) is 2.22. The maximum Gasteiger partial charge on any atom is 0.175 e. The molecule has 0 unspecified atom stereocenters. The summed E-state index contributed by atoms with van der Waals surface area (Å²) in [5.41, 5.74) is 6.34. The number of nitrogens with two attached hydrogens (primary N) is 1. The van der Waals surface area contributed by atoms with E-state index in [1.807, 2.05) is 0 Å². The van der Waals surface area contributed by atoms with E-state index in [9.17, 15) is 0 Å². The Bertz CT molecular complexity index is 436. The predicted molar refractivity (Wildman–Crippen MR) is 73.8 cm³/mol. The second-order valence-corrected chi connectivity index (χ2v) is 5.25. The number of hydrogen-bond donors (Lipinski definition) is 1. The number of thiocarbonyl (C=S) groups is 1. The molecule has 1 saturated carbocycles. The van der Waals surface area contributed by atoms with Crippen molar-refractivity contribution in [1.82, 2.24) is 10.2 Å². The minimum atomic E-state index is 0.338. The summed E-state index contributed by atoms with van der Waals surface area (Å²) in [5, 5.41) is 8.22. The van der Waals surface area contributed by atoms with Gasteiger partial charge in [0.1, 0.15) is 0 Å². The summed E-state index contributed by atoms with van der Waals surface area (Å²) in [6.07, 6.45) is 2.95. The van der Waals surface area contributed by atoms with Crippen LogP contribution in [0.1, 0.15) is 19.3 Å². The van der Waals surface area contributed by atoms with E-state index in [4.69, 9.17) is 41.2 Å². The first-order chi connectivity index (χ1) is 8.08. The summed E-state index contributed by atoms with van der Waals surface area (Å²) < 4.78 is 0. The van der Waals surface area contributed by atoms with Crippen LogP contribution in [-0.2, 0) is 0 Å². The average molecular weight is 291 g/mol. The third-order valence-electron chi connectivity index (χ3n) is 2.60. The van der Waals surface area contributed by atoms with E-state index in [2.05, 4.69) is 15.1 Å². The number of rotatable bonds is 5. The first-order valence-electron chi connectivity index (χ1n) is 5.31. The van der Waals surface area contributed by atoms with Crippen molar-refractivity contribution in [2.45, 2.75) is 25.3 Å². The highest BCUT2D eigenvalue weighted by atomic mass is 35.5. The third kappa shape index (κ3) is 3.40. The first kappa shape index (κ1) is 12.8. The number of nitrogens with zero attached hydrogens (tertiary/aromatic N) is 3. The van der Waals surface area contributed by atoms with Crippen LogP contribution in [0.15, 0.2) is 6.07 Å². The molecule has 0 aliphatic heterocycles. The van der Waals surface area contributed by atoms with Crippen LogP contribution in [0, 0.1) is 0 Å². The van der Waals surface area contributed by atoms with Crippen LogP contribution < -0.4 is 10.6 Å². The van der Waals surface area contributed by atoms with Gasteiger partial charge in [0.25, 0.3) is 0 Å². The molecule has 0 radical (unpaired) electrons. The molecule has 0 amide bonds. The zero-order chi connectivity index (χ0) is 12.4. The van der Waals surface area contributed by atoms with E-state index in [0.29, 0.717) is 27.8 Å². The van der Waals surface area contributed by atoms with Gasteiger partial charge in [0, 0.05) is 25.1 Å². The lowest BCUT2D eigenvalue weighted by Gasteiger charge is -2.24. The van der Waals surface area contributed by atoms with Crippen LogP contribution in [0.3, 0.4) is 0 Å². The van der Waals surface area contributed by atoms with Crippen LogP contribution in [-0.4, -0.2) is 27.8 Å². The summed E-state index contributed by atoms with van der Waals surface area (Å²) in [4.78, 5) is 2.65. The van der Waals surface area contributed by atoms with Gasteiger partial charge in [-0.15, -0.1) is 10.2 Å². The Balaban J connectivity index is 2.19. The maximum absolute atomic E-state index is 6.04. The van der Waals surface area contributed by atoms with Gasteiger partial charge >= 0.3 is 0 Å². The highest BCUT2D eigenvalue weighted by Crippen LogP contribution is 2.35. The van der Waals surface area contributed by atoms with E-state index >= 15 is 0 Å². The van der Waals surface area contributed by atoms with Crippen LogP contribution >= 0.6 is 35.4 Å². The van der Waals surface area contributed by atoms with Crippen LogP contribution in [0.25, 0.3) is 0 Å². The van der Waals surface area contributed by atoms with Crippen LogP contribution in [0.4, 0.5) is 5.69 Å². The fourth-order valence-electron chi connectivity index (χ4n) is 1.66. The van der Waals surface area contributed by atoms with E-state index in [1.54, 1.807) is 6.07 Å².